The zero-order chi connectivity index (χ0) is 13.6. The van der Waals surface area contributed by atoms with Crippen LogP contribution in [0.1, 0.15) is 19.3 Å². The van der Waals surface area contributed by atoms with E-state index in [1.807, 2.05) is 0 Å². The zero-order valence-electron chi connectivity index (χ0n) is 10.6. The van der Waals surface area contributed by atoms with Crippen molar-refractivity contribution in [3.8, 4) is 0 Å². The Balaban J connectivity index is 1.75. The third-order valence-corrected chi connectivity index (χ3v) is 4.12. The Morgan fingerprint density at radius 1 is 1.53 bits per heavy atom. The maximum absolute atomic E-state index is 12.2. The molecule has 6 heteroatoms. The molecule has 0 radical (unpaired) electrons. The summed E-state index contributed by atoms with van der Waals surface area (Å²) in [6.07, 6.45) is 4.66. The molecule has 3 rings (SSSR count). The number of hydrogen-bond donors (Lipinski definition) is 1. The standard InChI is InChI=1S/C13H15ClN2O3/c1-16-6-7(4-10(14)13(16)18)15-12(17)9-5-8-2-3-11(9)19-8/h4,6,8-9,11H,2-3,5H2,1H3,(H,15,17)/t8-,9-,11+/m1/s1. The first kappa shape index (κ1) is 12.7. The highest BCUT2D eigenvalue weighted by atomic mass is 35.5. The predicted octanol–water partition coefficient (Wildman–Crippen LogP) is 1.54. The van der Waals surface area contributed by atoms with Gasteiger partial charge in [-0.2, -0.15) is 0 Å². The Labute approximate surface area is 115 Å². The molecule has 3 atom stereocenters. The van der Waals surface area contributed by atoms with Crippen LogP contribution in [0.5, 0.6) is 0 Å². The van der Waals surface area contributed by atoms with Gasteiger partial charge >= 0.3 is 0 Å². The van der Waals surface area contributed by atoms with Crippen molar-refractivity contribution in [1.82, 2.24) is 4.57 Å². The summed E-state index contributed by atoms with van der Waals surface area (Å²) >= 11 is 5.82. The number of rotatable bonds is 2. The van der Waals surface area contributed by atoms with Crippen molar-refractivity contribution >= 4 is 23.2 Å². The maximum Gasteiger partial charge on any atom is 0.269 e. The Bertz CT molecular complexity index is 557. The number of halogens is 1. The van der Waals surface area contributed by atoms with Crippen LogP contribution < -0.4 is 10.9 Å². The summed E-state index contributed by atoms with van der Waals surface area (Å²) in [7, 11) is 1.60. The van der Waals surface area contributed by atoms with Gasteiger partial charge in [0.05, 0.1) is 23.8 Å². The van der Waals surface area contributed by atoms with Gasteiger partial charge in [0, 0.05) is 13.2 Å². The molecule has 2 aliphatic heterocycles. The predicted molar refractivity (Wildman–Crippen MR) is 71.3 cm³/mol. The summed E-state index contributed by atoms with van der Waals surface area (Å²) < 4.78 is 7.02. The number of fused-ring (bicyclic) bond motifs is 2. The van der Waals surface area contributed by atoms with Crippen LogP contribution in [0.4, 0.5) is 5.69 Å². The lowest BCUT2D eigenvalue weighted by atomic mass is 9.88. The minimum atomic E-state index is -0.275. The number of ether oxygens (including phenoxy) is 1. The molecule has 0 saturated carbocycles. The van der Waals surface area contributed by atoms with E-state index >= 15 is 0 Å². The van der Waals surface area contributed by atoms with E-state index in [2.05, 4.69) is 5.32 Å². The minimum Gasteiger partial charge on any atom is -0.374 e. The molecule has 1 aromatic rings. The molecule has 1 aromatic heterocycles. The molecule has 1 N–H and O–H groups in total. The molecule has 0 aliphatic carbocycles. The molecular weight excluding hydrogens is 268 g/mol. The Hall–Kier alpha value is -1.33. The van der Waals surface area contributed by atoms with E-state index in [0.717, 1.165) is 19.3 Å². The highest BCUT2D eigenvalue weighted by Gasteiger charge is 2.44. The lowest BCUT2D eigenvalue weighted by molar-refractivity contribution is -0.121. The first-order chi connectivity index (χ1) is 9.04. The van der Waals surface area contributed by atoms with E-state index in [0.29, 0.717) is 5.69 Å². The first-order valence-corrected chi connectivity index (χ1v) is 6.75. The van der Waals surface area contributed by atoms with Crippen molar-refractivity contribution < 1.29 is 9.53 Å². The van der Waals surface area contributed by atoms with Crippen LogP contribution >= 0.6 is 11.6 Å². The van der Waals surface area contributed by atoms with Gasteiger partial charge in [-0.25, -0.2) is 0 Å². The molecule has 2 bridgehead atoms. The van der Waals surface area contributed by atoms with Crippen LogP contribution in [-0.2, 0) is 16.6 Å². The molecule has 102 valence electrons. The van der Waals surface area contributed by atoms with Gasteiger partial charge in [-0.1, -0.05) is 11.6 Å². The van der Waals surface area contributed by atoms with Gasteiger partial charge in [-0.3, -0.25) is 9.59 Å². The molecule has 0 unspecified atom stereocenters. The second kappa shape index (κ2) is 4.65. The van der Waals surface area contributed by atoms with Crippen molar-refractivity contribution in [1.29, 1.82) is 0 Å². The van der Waals surface area contributed by atoms with E-state index < -0.39 is 0 Å². The van der Waals surface area contributed by atoms with Gasteiger partial charge in [-0.15, -0.1) is 0 Å². The molecule has 3 heterocycles. The van der Waals surface area contributed by atoms with Crippen molar-refractivity contribution in [2.75, 3.05) is 5.32 Å². The van der Waals surface area contributed by atoms with E-state index in [-0.39, 0.29) is 34.6 Å². The Morgan fingerprint density at radius 2 is 2.32 bits per heavy atom. The van der Waals surface area contributed by atoms with Gasteiger partial charge in [0.15, 0.2) is 0 Å². The molecule has 2 saturated heterocycles. The van der Waals surface area contributed by atoms with Crippen LogP contribution in [0, 0.1) is 5.92 Å². The van der Waals surface area contributed by atoms with Crippen molar-refractivity contribution in [2.45, 2.75) is 31.5 Å². The highest BCUT2D eigenvalue weighted by molar-refractivity contribution is 6.30. The molecule has 5 nitrogen and oxygen atoms in total. The number of nitrogens with one attached hydrogen (secondary N) is 1. The van der Waals surface area contributed by atoms with Crippen LogP contribution in [0.25, 0.3) is 0 Å². The fourth-order valence-corrected chi connectivity index (χ4v) is 3.14. The van der Waals surface area contributed by atoms with Gasteiger partial charge in [-0.05, 0) is 25.3 Å². The van der Waals surface area contributed by atoms with Crippen LogP contribution in [0.3, 0.4) is 0 Å². The molecule has 0 aromatic carbocycles. The van der Waals surface area contributed by atoms with Crippen molar-refractivity contribution in [2.24, 2.45) is 13.0 Å². The normalized spacial score (nSPS) is 28.6. The molecule has 0 spiro atoms. The summed E-state index contributed by atoms with van der Waals surface area (Å²) in [5.41, 5.74) is 0.266. The molecular formula is C13H15ClN2O3. The van der Waals surface area contributed by atoms with Gasteiger partial charge in [0.25, 0.3) is 5.56 Å². The second-order valence-corrected chi connectivity index (χ2v) is 5.61. The minimum absolute atomic E-state index is 0.0491. The Morgan fingerprint density at radius 3 is 2.89 bits per heavy atom. The van der Waals surface area contributed by atoms with Crippen LogP contribution in [0.15, 0.2) is 17.1 Å². The first-order valence-electron chi connectivity index (χ1n) is 6.37. The zero-order valence-corrected chi connectivity index (χ0v) is 11.3. The number of anilines is 1. The summed E-state index contributed by atoms with van der Waals surface area (Å²) in [6.45, 7) is 0. The lowest BCUT2D eigenvalue weighted by Gasteiger charge is -2.18. The quantitative estimate of drug-likeness (QED) is 0.895. The maximum atomic E-state index is 12.2. The number of amides is 1. The molecule has 2 fully saturated rings. The number of aromatic nitrogens is 1. The van der Waals surface area contributed by atoms with Gasteiger partial charge < -0.3 is 14.6 Å². The summed E-state index contributed by atoms with van der Waals surface area (Å²) in [6, 6.07) is 1.48. The number of nitrogens with zero attached hydrogens (tertiary/aromatic N) is 1. The van der Waals surface area contributed by atoms with E-state index in [9.17, 15) is 9.59 Å². The molecule has 19 heavy (non-hydrogen) atoms. The van der Waals surface area contributed by atoms with Crippen LogP contribution in [0.2, 0.25) is 5.02 Å². The third kappa shape index (κ3) is 2.28. The van der Waals surface area contributed by atoms with Gasteiger partial charge in [0.1, 0.15) is 5.02 Å². The van der Waals surface area contributed by atoms with E-state index in [1.54, 1.807) is 13.2 Å². The summed E-state index contributed by atoms with van der Waals surface area (Å²) in [4.78, 5) is 23.7. The SMILES string of the molecule is Cn1cc(NC(=O)[C@@H]2C[C@H]3CC[C@@H]2O3)cc(Cl)c1=O. The topological polar surface area (TPSA) is 60.3 Å². The van der Waals surface area contributed by atoms with E-state index in [4.69, 9.17) is 16.3 Å². The number of hydrogen-bond acceptors (Lipinski definition) is 3. The fraction of sp³-hybridized carbons (Fsp3) is 0.538. The number of pyridine rings is 1. The van der Waals surface area contributed by atoms with Crippen LogP contribution in [-0.4, -0.2) is 22.7 Å². The lowest BCUT2D eigenvalue weighted by Crippen LogP contribution is -2.31. The van der Waals surface area contributed by atoms with Crippen molar-refractivity contribution in [3.05, 3.63) is 27.6 Å². The average molecular weight is 283 g/mol. The van der Waals surface area contributed by atoms with E-state index in [1.165, 1.54) is 10.6 Å². The fourth-order valence-electron chi connectivity index (χ4n) is 2.89. The Kier molecular flexibility index (Phi) is 3.11. The van der Waals surface area contributed by atoms with Crippen molar-refractivity contribution in [3.63, 3.8) is 0 Å². The highest BCUT2D eigenvalue weighted by Crippen LogP contribution is 2.39. The third-order valence-electron chi connectivity index (χ3n) is 3.85. The molecule has 2 aliphatic rings. The summed E-state index contributed by atoms with van der Waals surface area (Å²) in [5, 5.41) is 2.92. The average Bonchev–Trinajstić information content (AvgIpc) is 2.98. The smallest absolute Gasteiger partial charge is 0.269 e. The number of carbonyl (C=O) groups is 1. The summed E-state index contributed by atoms with van der Waals surface area (Å²) in [5.74, 6) is -0.142. The molecule has 1 amide bonds. The largest absolute Gasteiger partial charge is 0.374 e. The monoisotopic (exact) mass is 282 g/mol. The second-order valence-electron chi connectivity index (χ2n) is 5.20. The number of carbonyl (C=O) groups excluding carboxylic acids is 1. The van der Waals surface area contributed by atoms with Gasteiger partial charge in [0.2, 0.25) is 5.91 Å². The number of aryl methyl sites for hydroxylation is 1.